The highest BCUT2D eigenvalue weighted by Crippen LogP contribution is 2.25. The van der Waals surface area contributed by atoms with Gasteiger partial charge in [0.25, 0.3) is 0 Å². The molecule has 0 atom stereocenters. The molecule has 0 saturated carbocycles. The monoisotopic (exact) mass is 282 g/mol. The molecule has 0 fully saturated rings. The Hall–Kier alpha value is -1.30. The highest BCUT2D eigenvalue weighted by molar-refractivity contribution is 7.98. The van der Waals surface area contributed by atoms with Crippen molar-refractivity contribution in [3.63, 3.8) is 0 Å². The Labute approximate surface area is 114 Å². The normalized spacial score (nSPS) is 10.4. The Morgan fingerprint density at radius 1 is 1.33 bits per heavy atom. The van der Waals surface area contributed by atoms with Gasteiger partial charge in [-0.3, -0.25) is 0 Å². The summed E-state index contributed by atoms with van der Waals surface area (Å²) < 4.78 is 5.61. The molecule has 1 heterocycles. The lowest BCUT2D eigenvalue weighted by molar-refractivity contribution is 0.273. The smallest absolute Gasteiger partial charge is 0.228 e. The Balaban J connectivity index is 2.29. The van der Waals surface area contributed by atoms with Crippen LogP contribution in [0.3, 0.4) is 0 Å². The first kappa shape index (κ1) is 13.1. The summed E-state index contributed by atoms with van der Waals surface area (Å²) in [4.78, 5) is 8.29. The van der Waals surface area contributed by atoms with Crippen molar-refractivity contribution in [3.8, 4) is 11.6 Å². The van der Waals surface area contributed by atoms with E-state index in [2.05, 4.69) is 9.97 Å². The van der Waals surface area contributed by atoms with Crippen LogP contribution in [0, 0.1) is 0 Å². The van der Waals surface area contributed by atoms with E-state index in [0.717, 1.165) is 0 Å². The number of rotatable bonds is 4. The number of hydrogen-bond acceptors (Lipinski definition) is 5. The lowest BCUT2D eigenvalue weighted by Gasteiger charge is -2.09. The van der Waals surface area contributed by atoms with Crippen LogP contribution in [-0.4, -0.2) is 21.3 Å². The first-order valence-electron chi connectivity index (χ1n) is 5.17. The van der Waals surface area contributed by atoms with Crippen LogP contribution in [0.4, 0.5) is 0 Å². The van der Waals surface area contributed by atoms with Gasteiger partial charge in [0.1, 0.15) is 5.75 Å². The van der Waals surface area contributed by atoms with E-state index < -0.39 is 0 Å². The molecule has 0 aliphatic rings. The zero-order valence-corrected chi connectivity index (χ0v) is 11.2. The lowest BCUT2D eigenvalue weighted by Crippen LogP contribution is -1.98. The Morgan fingerprint density at radius 2 is 2.06 bits per heavy atom. The van der Waals surface area contributed by atoms with Crippen molar-refractivity contribution in [3.05, 3.63) is 41.0 Å². The lowest BCUT2D eigenvalue weighted by atomic mass is 10.3. The number of aliphatic hydroxyl groups is 1. The van der Waals surface area contributed by atoms with Crippen molar-refractivity contribution in [2.75, 3.05) is 6.26 Å². The third kappa shape index (κ3) is 3.13. The molecule has 1 N–H and O–H groups in total. The zero-order chi connectivity index (χ0) is 13.0. The molecule has 2 rings (SSSR count). The molecular weight excluding hydrogens is 272 g/mol. The fraction of sp³-hybridized carbons (Fsp3) is 0.167. The summed E-state index contributed by atoms with van der Waals surface area (Å²) in [5.74, 6) is 0.971. The van der Waals surface area contributed by atoms with E-state index in [1.807, 2.05) is 6.26 Å². The highest BCUT2D eigenvalue weighted by atomic mass is 35.5. The van der Waals surface area contributed by atoms with E-state index in [4.69, 9.17) is 16.3 Å². The van der Waals surface area contributed by atoms with Gasteiger partial charge in [0, 0.05) is 11.2 Å². The molecule has 0 radical (unpaired) electrons. The van der Waals surface area contributed by atoms with E-state index in [9.17, 15) is 5.11 Å². The van der Waals surface area contributed by atoms with E-state index in [0.29, 0.717) is 27.4 Å². The van der Waals surface area contributed by atoms with Gasteiger partial charge in [0.05, 0.1) is 12.2 Å². The van der Waals surface area contributed by atoms with Crippen LogP contribution in [0.2, 0.25) is 5.02 Å². The Kier molecular flexibility index (Phi) is 4.41. The standard InChI is InChI=1S/C12H11ClN2O2S/c1-18-12-14-6-8(7-16)11(15-12)17-10-4-2-9(13)3-5-10/h2-6,16H,7H2,1H3. The number of aromatic nitrogens is 2. The minimum Gasteiger partial charge on any atom is -0.439 e. The molecule has 94 valence electrons. The molecule has 0 spiro atoms. The van der Waals surface area contributed by atoms with Crippen molar-refractivity contribution >= 4 is 23.4 Å². The third-order valence-electron chi connectivity index (χ3n) is 2.18. The number of aliphatic hydroxyl groups excluding tert-OH is 1. The maximum atomic E-state index is 9.22. The molecule has 6 heteroatoms. The van der Waals surface area contributed by atoms with Crippen LogP contribution < -0.4 is 4.74 Å². The molecule has 1 aromatic carbocycles. The minimum atomic E-state index is -0.169. The summed E-state index contributed by atoms with van der Waals surface area (Å²) in [7, 11) is 0. The molecule has 18 heavy (non-hydrogen) atoms. The number of thioether (sulfide) groups is 1. The van der Waals surface area contributed by atoms with Gasteiger partial charge in [-0.05, 0) is 30.5 Å². The van der Waals surface area contributed by atoms with Gasteiger partial charge in [-0.25, -0.2) is 4.98 Å². The molecule has 0 amide bonds. The molecule has 0 unspecified atom stereocenters. The molecule has 0 aliphatic heterocycles. The van der Waals surface area contributed by atoms with Gasteiger partial charge in [-0.2, -0.15) is 4.98 Å². The van der Waals surface area contributed by atoms with E-state index >= 15 is 0 Å². The Bertz CT molecular complexity index is 534. The van der Waals surface area contributed by atoms with Gasteiger partial charge in [0.15, 0.2) is 5.16 Å². The van der Waals surface area contributed by atoms with Gasteiger partial charge in [-0.15, -0.1) is 0 Å². The second-order valence-corrected chi connectivity index (χ2v) is 4.61. The zero-order valence-electron chi connectivity index (χ0n) is 9.63. The number of ether oxygens (including phenoxy) is 1. The largest absolute Gasteiger partial charge is 0.439 e. The van der Waals surface area contributed by atoms with Crippen LogP contribution >= 0.6 is 23.4 Å². The summed E-state index contributed by atoms with van der Waals surface area (Å²) in [6.45, 7) is -0.169. The second-order valence-electron chi connectivity index (χ2n) is 3.40. The van der Waals surface area contributed by atoms with Crippen LogP contribution in [-0.2, 0) is 6.61 Å². The maximum absolute atomic E-state index is 9.22. The van der Waals surface area contributed by atoms with E-state index in [1.165, 1.54) is 11.8 Å². The summed E-state index contributed by atoms with van der Waals surface area (Å²) in [5.41, 5.74) is 0.544. The third-order valence-corrected chi connectivity index (χ3v) is 3.00. The van der Waals surface area contributed by atoms with Crippen LogP contribution in [0.25, 0.3) is 0 Å². The predicted octanol–water partition coefficient (Wildman–Crippen LogP) is 3.14. The first-order valence-corrected chi connectivity index (χ1v) is 6.77. The molecular formula is C12H11ClN2O2S. The van der Waals surface area contributed by atoms with Crippen LogP contribution in [0.1, 0.15) is 5.56 Å². The SMILES string of the molecule is CSc1ncc(CO)c(Oc2ccc(Cl)cc2)n1. The van der Waals surface area contributed by atoms with Gasteiger partial charge >= 0.3 is 0 Å². The first-order chi connectivity index (χ1) is 8.72. The van der Waals surface area contributed by atoms with Crippen molar-refractivity contribution in [2.45, 2.75) is 11.8 Å². The van der Waals surface area contributed by atoms with E-state index in [1.54, 1.807) is 30.5 Å². The van der Waals surface area contributed by atoms with Crippen molar-refractivity contribution in [1.82, 2.24) is 9.97 Å². The van der Waals surface area contributed by atoms with Crippen molar-refractivity contribution in [1.29, 1.82) is 0 Å². The maximum Gasteiger partial charge on any atom is 0.228 e. The van der Waals surface area contributed by atoms with Gasteiger partial charge in [-0.1, -0.05) is 23.4 Å². The average molecular weight is 283 g/mol. The molecule has 4 nitrogen and oxygen atoms in total. The Morgan fingerprint density at radius 3 is 2.67 bits per heavy atom. The molecule has 0 aliphatic carbocycles. The number of benzene rings is 1. The molecule has 2 aromatic rings. The van der Waals surface area contributed by atoms with Crippen LogP contribution in [0.15, 0.2) is 35.6 Å². The highest BCUT2D eigenvalue weighted by Gasteiger charge is 2.08. The average Bonchev–Trinajstić information content (AvgIpc) is 2.41. The fourth-order valence-corrected chi connectivity index (χ4v) is 1.74. The summed E-state index contributed by atoms with van der Waals surface area (Å²) in [6, 6.07) is 6.94. The quantitative estimate of drug-likeness (QED) is 0.690. The molecule has 0 bridgehead atoms. The van der Waals surface area contributed by atoms with Crippen LogP contribution in [0.5, 0.6) is 11.6 Å². The van der Waals surface area contributed by atoms with Crippen molar-refractivity contribution in [2.24, 2.45) is 0 Å². The molecule has 1 aromatic heterocycles. The summed E-state index contributed by atoms with van der Waals surface area (Å²) in [5, 5.41) is 10.4. The minimum absolute atomic E-state index is 0.169. The number of nitrogens with zero attached hydrogens (tertiary/aromatic N) is 2. The van der Waals surface area contributed by atoms with Crippen molar-refractivity contribution < 1.29 is 9.84 Å². The topological polar surface area (TPSA) is 55.2 Å². The second kappa shape index (κ2) is 6.04. The predicted molar refractivity (Wildman–Crippen MR) is 71.3 cm³/mol. The number of halogens is 1. The van der Waals surface area contributed by atoms with Gasteiger partial charge in [0.2, 0.25) is 5.88 Å². The fourth-order valence-electron chi connectivity index (χ4n) is 1.29. The number of hydrogen-bond donors (Lipinski definition) is 1. The van der Waals surface area contributed by atoms with Gasteiger partial charge < -0.3 is 9.84 Å². The summed E-state index contributed by atoms with van der Waals surface area (Å²) >= 11 is 7.21. The van der Waals surface area contributed by atoms with E-state index in [-0.39, 0.29) is 6.61 Å². The molecule has 0 saturated heterocycles. The summed E-state index contributed by atoms with van der Waals surface area (Å²) in [6.07, 6.45) is 3.43.